The Bertz CT molecular complexity index is 585. The second kappa shape index (κ2) is 5.59. The first-order chi connectivity index (χ1) is 8.61. The lowest BCUT2D eigenvalue weighted by Crippen LogP contribution is -2.01. The van der Waals surface area contributed by atoms with Crippen molar-refractivity contribution in [1.82, 2.24) is 10.2 Å². The predicted octanol–water partition coefficient (Wildman–Crippen LogP) is 2.69. The normalized spacial score (nSPS) is 10.5. The summed E-state index contributed by atoms with van der Waals surface area (Å²) in [5, 5.41) is 17.1. The van der Waals surface area contributed by atoms with E-state index in [4.69, 9.17) is 10.8 Å². The smallest absolute Gasteiger partial charge is 0.336 e. The first kappa shape index (κ1) is 13.2. The molecule has 18 heavy (non-hydrogen) atoms. The van der Waals surface area contributed by atoms with Gasteiger partial charge in [-0.1, -0.05) is 40.9 Å². The fourth-order valence-corrected chi connectivity index (χ4v) is 3.77. The Morgan fingerprint density at radius 3 is 2.72 bits per heavy atom. The second-order valence-electron chi connectivity index (χ2n) is 3.17. The van der Waals surface area contributed by atoms with Gasteiger partial charge in [0.1, 0.15) is 0 Å². The van der Waals surface area contributed by atoms with Crippen molar-refractivity contribution < 1.29 is 9.90 Å². The molecule has 94 valence electrons. The number of nitrogen functional groups attached to an aromatic ring is 1. The van der Waals surface area contributed by atoms with Gasteiger partial charge < -0.3 is 10.8 Å². The number of benzene rings is 1. The number of carboxylic acid groups (broad SMARTS) is 1. The molecule has 1 aromatic carbocycles. The van der Waals surface area contributed by atoms with Crippen molar-refractivity contribution >= 4 is 46.5 Å². The zero-order chi connectivity index (χ0) is 13.1. The molecule has 0 amide bonds. The van der Waals surface area contributed by atoms with Crippen LogP contribution in [0.3, 0.4) is 0 Å². The van der Waals surface area contributed by atoms with Gasteiger partial charge in [0.15, 0.2) is 8.68 Å². The number of hydrogen-bond acceptors (Lipinski definition) is 7. The predicted molar refractivity (Wildman–Crippen MR) is 73.6 cm³/mol. The van der Waals surface area contributed by atoms with E-state index in [1.165, 1.54) is 40.9 Å². The number of carbonyl (C=O) groups is 1. The molecule has 0 unspecified atom stereocenters. The fourth-order valence-electron chi connectivity index (χ4n) is 1.25. The zero-order valence-electron chi connectivity index (χ0n) is 9.28. The molecule has 0 aliphatic carbocycles. The van der Waals surface area contributed by atoms with Crippen LogP contribution < -0.4 is 5.73 Å². The molecular weight excluding hydrogens is 290 g/mol. The number of nitrogens with two attached hydrogens (primary N) is 1. The largest absolute Gasteiger partial charge is 0.478 e. The summed E-state index contributed by atoms with van der Waals surface area (Å²) in [4.78, 5) is 11.6. The molecule has 0 aliphatic heterocycles. The molecule has 0 radical (unpaired) electrons. The molecule has 0 aliphatic rings. The van der Waals surface area contributed by atoms with Gasteiger partial charge in [-0.2, -0.15) is 0 Å². The molecule has 5 nitrogen and oxygen atoms in total. The van der Waals surface area contributed by atoms with E-state index in [1.54, 1.807) is 12.1 Å². The van der Waals surface area contributed by atoms with Crippen LogP contribution in [0.1, 0.15) is 10.4 Å². The van der Waals surface area contributed by atoms with Crippen molar-refractivity contribution in [3.8, 4) is 0 Å². The number of carboxylic acids is 1. The van der Waals surface area contributed by atoms with Crippen molar-refractivity contribution in [3.63, 3.8) is 0 Å². The standard InChI is InChI=1S/C10H9N3O2S3/c1-16-9-12-13-10(18-9)17-7-5(8(14)15)3-2-4-6(7)11/h2-4H,11H2,1H3,(H,14,15). The molecule has 0 saturated carbocycles. The fraction of sp³-hybridized carbons (Fsp3) is 0.100. The van der Waals surface area contributed by atoms with Gasteiger partial charge in [-0.15, -0.1) is 10.2 Å². The molecule has 2 rings (SSSR count). The van der Waals surface area contributed by atoms with Gasteiger partial charge in [-0.3, -0.25) is 0 Å². The molecule has 1 aromatic heterocycles. The van der Waals surface area contributed by atoms with Crippen LogP contribution in [0.4, 0.5) is 5.69 Å². The van der Waals surface area contributed by atoms with Gasteiger partial charge in [-0.25, -0.2) is 4.79 Å². The lowest BCUT2D eigenvalue weighted by molar-refractivity contribution is 0.0693. The number of thioether (sulfide) groups is 1. The summed E-state index contributed by atoms with van der Waals surface area (Å²) in [7, 11) is 0. The topological polar surface area (TPSA) is 89.1 Å². The van der Waals surface area contributed by atoms with Gasteiger partial charge in [-0.05, 0) is 18.4 Å². The first-order valence-corrected chi connectivity index (χ1v) is 7.64. The number of aromatic nitrogens is 2. The Kier molecular flexibility index (Phi) is 4.10. The van der Waals surface area contributed by atoms with Gasteiger partial charge in [0.2, 0.25) is 0 Å². The average Bonchev–Trinajstić information content (AvgIpc) is 2.79. The third-order valence-electron chi connectivity index (χ3n) is 2.03. The van der Waals surface area contributed by atoms with Crippen LogP contribution in [0, 0.1) is 0 Å². The minimum absolute atomic E-state index is 0.181. The summed E-state index contributed by atoms with van der Waals surface area (Å²) in [6.45, 7) is 0. The third-order valence-corrected chi connectivity index (χ3v) is 5.14. The van der Waals surface area contributed by atoms with E-state index in [-0.39, 0.29) is 5.56 Å². The minimum Gasteiger partial charge on any atom is -0.478 e. The summed E-state index contributed by atoms with van der Waals surface area (Å²) in [5.74, 6) is -1.00. The summed E-state index contributed by atoms with van der Waals surface area (Å²) in [6, 6.07) is 4.82. The van der Waals surface area contributed by atoms with Crippen molar-refractivity contribution in [2.24, 2.45) is 0 Å². The van der Waals surface area contributed by atoms with E-state index in [0.29, 0.717) is 14.9 Å². The van der Waals surface area contributed by atoms with Crippen LogP contribution in [0.5, 0.6) is 0 Å². The summed E-state index contributed by atoms with van der Waals surface area (Å²) >= 11 is 4.14. The van der Waals surface area contributed by atoms with Crippen molar-refractivity contribution in [2.45, 2.75) is 13.6 Å². The summed E-state index contributed by atoms with van der Waals surface area (Å²) in [6.07, 6.45) is 1.91. The Balaban J connectivity index is 2.36. The van der Waals surface area contributed by atoms with Gasteiger partial charge in [0.25, 0.3) is 0 Å². The molecule has 0 atom stereocenters. The maximum absolute atomic E-state index is 11.1. The Labute approximate surface area is 116 Å². The van der Waals surface area contributed by atoms with Crippen molar-refractivity contribution in [2.75, 3.05) is 12.0 Å². The highest BCUT2D eigenvalue weighted by Gasteiger charge is 2.16. The highest BCUT2D eigenvalue weighted by atomic mass is 32.2. The molecular formula is C10H9N3O2S3. The SMILES string of the molecule is CSc1nnc(Sc2c(N)cccc2C(=O)O)s1. The van der Waals surface area contributed by atoms with E-state index in [2.05, 4.69) is 10.2 Å². The lowest BCUT2D eigenvalue weighted by Gasteiger charge is -2.06. The number of aromatic carboxylic acids is 1. The van der Waals surface area contributed by atoms with Gasteiger partial charge in [0.05, 0.1) is 10.5 Å². The zero-order valence-corrected chi connectivity index (χ0v) is 11.7. The molecule has 3 N–H and O–H groups in total. The van der Waals surface area contributed by atoms with Gasteiger partial charge >= 0.3 is 5.97 Å². The number of anilines is 1. The van der Waals surface area contributed by atoms with Crippen molar-refractivity contribution in [3.05, 3.63) is 23.8 Å². The molecule has 0 spiro atoms. The monoisotopic (exact) mass is 299 g/mol. The lowest BCUT2D eigenvalue weighted by atomic mass is 10.2. The Hall–Kier alpha value is -1.25. The van der Waals surface area contributed by atoms with Crippen LogP contribution in [0.15, 0.2) is 31.8 Å². The quantitative estimate of drug-likeness (QED) is 0.662. The molecule has 0 bridgehead atoms. The summed E-state index contributed by atoms with van der Waals surface area (Å²) < 4.78 is 1.52. The summed E-state index contributed by atoms with van der Waals surface area (Å²) in [5.41, 5.74) is 6.43. The van der Waals surface area contributed by atoms with Crippen LogP contribution in [0.2, 0.25) is 0 Å². The maximum Gasteiger partial charge on any atom is 0.336 e. The van der Waals surface area contributed by atoms with Crippen LogP contribution in [0.25, 0.3) is 0 Å². The Morgan fingerprint density at radius 1 is 1.39 bits per heavy atom. The highest BCUT2D eigenvalue weighted by Crippen LogP contribution is 2.37. The van der Waals surface area contributed by atoms with E-state index in [9.17, 15) is 4.79 Å². The third kappa shape index (κ3) is 2.77. The van der Waals surface area contributed by atoms with Crippen molar-refractivity contribution in [1.29, 1.82) is 0 Å². The van der Waals surface area contributed by atoms with E-state index >= 15 is 0 Å². The van der Waals surface area contributed by atoms with E-state index in [1.807, 2.05) is 6.26 Å². The molecule has 2 aromatic rings. The van der Waals surface area contributed by atoms with E-state index in [0.717, 1.165) is 4.34 Å². The highest BCUT2D eigenvalue weighted by molar-refractivity contribution is 8.03. The first-order valence-electron chi connectivity index (χ1n) is 4.79. The minimum atomic E-state index is -1.00. The maximum atomic E-state index is 11.1. The second-order valence-corrected chi connectivity index (χ2v) is 6.46. The number of rotatable bonds is 4. The number of nitrogens with zero attached hydrogens (tertiary/aromatic N) is 2. The van der Waals surface area contributed by atoms with Gasteiger partial charge in [0, 0.05) is 5.69 Å². The molecule has 1 heterocycles. The van der Waals surface area contributed by atoms with Crippen LogP contribution in [-0.2, 0) is 0 Å². The Morgan fingerprint density at radius 2 is 2.11 bits per heavy atom. The molecule has 8 heteroatoms. The van der Waals surface area contributed by atoms with E-state index < -0.39 is 5.97 Å². The number of hydrogen-bond donors (Lipinski definition) is 2. The average molecular weight is 299 g/mol. The van der Waals surface area contributed by atoms with Crippen LogP contribution >= 0.6 is 34.9 Å². The molecule has 0 fully saturated rings. The van der Waals surface area contributed by atoms with Crippen LogP contribution in [-0.4, -0.2) is 27.5 Å². The molecule has 0 saturated heterocycles.